The molecule has 1 aromatic carbocycles. The zero-order valence-corrected chi connectivity index (χ0v) is 9.11. The van der Waals surface area contributed by atoms with E-state index in [1.165, 1.54) is 0 Å². The van der Waals surface area contributed by atoms with E-state index in [9.17, 15) is 9.18 Å². The van der Waals surface area contributed by atoms with Gasteiger partial charge in [-0.25, -0.2) is 4.39 Å². The van der Waals surface area contributed by atoms with Gasteiger partial charge in [-0.2, -0.15) is 9.78 Å². The molecule has 2 rings (SSSR count). The zero-order valence-electron chi connectivity index (χ0n) is 7.52. The van der Waals surface area contributed by atoms with Crippen molar-refractivity contribution >= 4 is 15.9 Å². The van der Waals surface area contributed by atoms with E-state index in [4.69, 9.17) is 0 Å². The Morgan fingerprint density at radius 1 is 1.27 bits per heavy atom. The first-order valence-electron chi connectivity index (χ1n) is 4.19. The maximum Gasteiger partial charge on any atom is 0.288 e. The number of aromatic nitrogens is 2. The number of hydrogen-bond acceptors (Lipinski definition) is 2. The Morgan fingerprint density at radius 2 is 1.93 bits per heavy atom. The minimum absolute atomic E-state index is 0.110. The molecule has 1 aromatic heterocycles. The lowest BCUT2D eigenvalue weighted by Crippen LogP contribution is -2.22. The van der Waals surface area contributed by atoms with Crippen molar-refractivity contribution in [1.29, 1.82) is 0 Å². The summed E-state index contributed by atoms with van der Waals surface area (Å²) in [5.41, 5.74) is 0.0874. The maximum absolute atomic E-state index is 13.0. The fraction of sp³-hybridized carbons (Fsp3) is 0. The lowest BCUT2D eigenvalue weighted by Gasteiger charge is -2.03. The van der Waals surface area contributed by atoms with E-state index < -0.39 is 11.4 Å². The van der Waals surface area contributed by atoms with Crippen molar-refractivity contribution in [3.05, 3.63) is 57.2 Å². The minimum atomic E-state index is -0.660. The third-order valence-electron chi connectivity index (χ3n) is 1.88. The molecule has 0 bridgehead atoms. The normalized spacial score (nSPS) is 10.3. The third-order valence-corrected chi connectivity index (χ3v) is 2.60. The van der Waals surface area contributed by atoms with E-state index in [0.29, 0.717) is 5.69 Å². The van der Waals surface area contributed by atoms with Crippen LogP contribution in [0, 0.1) is 5.82 Å². The van der Waals surface area contributed by atoms with Gasteiger partial charge >= 0.3 is 0 Å². The molecule has 0 aliphatic rings. The van der Waals surface area contributed by atoms with Gasteiger partial charge in [-0.05, 0) is 28.1 Å². The molecule has 0 saturated carbocycles. The number of benzene rings is 1. The van der Waals surface area contributed by atoms with Crippen molar-refractivity contribution in [1.82, 2.24) is 9.78 Å². The second-order valence-electron chi connectivity index (χ2n) is 2.86. The molecule has 0 aliphatic heterocycles. The number of halogens is 2. The first-order chi connectivity index (χ1) is 7.20. The summed E-state index contributed by atoms with van der Waals surface area (Å²) in [6.45, 7) is 0. The molecule has 0 unspecified atom stereocenters. The number of nitrogens with zero attached hydrogens (tertiary/aromatic N) is 2. The summed E-state index contributed by atoms with van der Waals surface area (Å²) in [4.78, 5) is 11.6. The molecule has 0 amide bonds. The van der Waals surface area contributed by atoms with Crippen LogP contribution in [-0.2, 0) is 0 Å². The molecule has 0 N–H and O–H groups in total. The fourth-order valence-electron chi connectivity index (χ4n) is 1.17. The van der Waals surface area contributed by atoms with Crippen LogP contribution in [-0.4, -0.2) is 9.78 Å². The molecular weight excluding hydrogens is 263 g/mol. The van der Waals surface area contributed by atoms with Gasteiger partial charge in [0, 0.05) is 0 Å². The predicted molar refractivity (Wildman–Crippen MR) is 57.5 cm³/mol. The van der Waals surface area contributed by atoms with Gasteiger partial charge in [0.15, 0.2) is 5.82 Å². The highest BCUT2D eigenvalue weighted by Gasteiger charge is 2.08. The average molecular weight is 269 g/mol. The summed E-state index contributed by atoms with van der Waals surface area (Å²) < 4.78 is 14.0. The Bertz CT molecular complexity index is 539. The van der Waals surface area contributed by atoms with Crippen LogP contribution in [0.1, 0.15) is 0 Å². The molecule has 0 radical (unpaired) electrons. The Hall–Kier alpha value is -1.49. The molecule has 2 aromatic rings. The van der Waals surface area contributed by atoms with Crippen LogP contribution in [0.5, 0.6) is 0 Å². The lowest BCUT2D eigenvalue weighted by molar-refractivity contribution is 0.592. The van der Waals surface area contributed by atoms with Gasteiger partial charge in [-0.15, -0.1) is 0 Å². The van der Waals surface area contributed by atoms with Crippen LogP contribution in [0.2, 0.25) is 0 Å². The van der Waals surface area contributed by atoms with Gasteiger partial charge in [0.1, 0.15) is 4.47 Å². The van der Waals surface area contributed by atoms with Crippen molar-refractivity contribution in [3.8, 4) is 5.69 Å². The lowest BCUT2D eigenvalue weighted by atomic mass is 10.3. The van der Waals surface area contributed by atoms with E-state index in [2.05, 4.69) is 21.0 Å². The van der Waals surface area contributed by atoms with Crippen LogP contribution in [0.15, 0.2) is 45.8 Å². The van der Waals surface area contributed by atoms with Crippen molar-refractivity contribution in [2.45, 2.75) is 0 Å². The summed E-state index contributed by atoms with van der Waals surface area (Å²) in [7, 11) is 0. The van der Waals surface area contributed by atoms with Gasteiger partial charge in [0.05, 0.1) is 11.9 Å². The predicted octanol–water partition coefficient (Wildman–Crippen LogP) is 2.13. The molecule has 0 saturated heterocycles. The average Bonchev–Trinajstić information content (AvgIpc) is 2.27. The Balaban J connectivity index is 2.66. The van der Waals surface area contributed by atoms with E-state index in [1.54, 1.807) is 24.3 Å². The first-order valence-corrected chi connectivity index (χ1v) is 4.98. The number of hydrogen-bond donors (Lipinski definition) is 0. The van der Waals surface area contributed by atoms with Gasteiger partial charge in [0.2, 0.25) is 0 Å². The summed E-state index contributed by atoms with van der Waals surface area (Å²) in [5.74, 6) is -0.660. The molecule has 3 nitrogen and oxygen atoms in total. The van der Waals surface area contributed by atoms with Crippen LogP contribution < -0.4 is 5.56 Å². The van der Waals surface area contributed by atoms with Crippen molar-refractivity contribution in [2.75, 3.05) is 0 Å². The maximum atomic E-state index is 13.0. The monoisotopic (exact) mass is 268 g/mol. The second kappa shape index (κ2) is 3.94. The van der Waals surface area contributed by atoms with E-state index in [0.717, 1.165) is 10.9 Å². The topological polar surface area (TPSA) is 34.9 Å². The minimum Gasteiger partial charge on any atom is -0.266 e. The Labute approximate surface area is 93.3 Å². The van der Waals surface area contributed by atoms with Gasteiger partial charge in [-0.3, -0.25) is 4.79 Å². The molecule has 0 aliphatic carbocycles. The molecule has 0 atom stereocenters. The van der Waals surface area contributed by atoms with Crippen LogP contribution >= 0.6 is 15.9 Å². The Kier molecular flexibility index (Phi) is 2.64. The molecule has 5 heteroatoms. The zero-order chi connectivity index (χ0) is 10.8. The Morgan fingerprint density at radius 3 is 2.60 bits per heavy atom. The molecule has 76 valence electrons. The highest BCUT2D eigenvalue weighted by molar-refractivity contribution is 9.10. The summed E-state index contributed by atoms with van der Waals surface area (Å²) in [5, 5.41) is 3.71. The van der Waals surface area contributed by atoms with E-state index in [1.807, 2.05) is 6.07 Å². The molecular formula is C10H6BrFN2O. The number of rotatable bonds is 1. The smallest absolute Gasteiger partial charge is 0.266 e. The standard InChI is InChI=1S/C10H6BrFN2O/c11-9-8(12)6-13-14(10(9)15)7-4-2-1-3-5-7/h1-6H. The summed E-state index contributed by atoms with van der Waals surface area (Å²) in [6.07, 6.45) is 0.998. The van der Waals surface area contributed by atoms with Crippen molar-refractivity contribution < 1.29 is 4.39 Å². The highest BCUT2D eigenvalue weighted by Crippen LogP contribution is 2.09. The van der Waals surface area contributed by atoms with Crippen molar-refractivity contribution in [3.63, 3.8) is 0 Å². The third kappa shape index (κ3) is 1.83. The second-order valence-corrected chi connectivity index (χ2v) is 3.65. The van der Waals surface area contributed by atoms with Crippen LogP contribution in [0.3, 0.4) is 0 Å². The molecule has 1 heterocycles. The quantitative estimate of drug-likeness (QED) is 0.794. The first kappa shape index (κ1) is 10.0. The largest absolute Gasteiger partial charge is 0.288 e. The van der Waals surface area contributed by atoms with Crippen LogP contribution in [0.4, 0.5) is 4.39 Å². The summed E-state index contributed by atoms with van der Waals surface area (Å²) >= 11 is 2.88. The van der Waals surface area contributed by atoms with Gasteiger partial charge < -0.3 is 0 Å². The van der Waals surface area contributed by atoms with Gasteiger partial charge in [-0.1, -0.05) is 18.2 Å². The van der Waals surface area contributed by atoms with Crippen LogP contribution in [0.25, 0.3) is 5.69 Å². The summed E-state index contributed by atoms with van der Waals surface area (Å²) in [6, 6.07) is 8.83. The molecule has 0 spiro atoms. The van der Waals surface area contributed by atoms with Crippen molar-refractivity contribution in [2.24, 2.45) is 0 Å². The molecule has 0 fully saturated rings. The van der Waals surface area contributed by atoms with Gasteiger partial charge in [0.25, 0.3) is 5.56 Å². The number of para-hydroxylation sites is 1. The van der Waals surface area contributed by atoms with E-state index >= 15 is 0 Å². The fourth-order valence-corrected chi connectivity index (χ4v) is 1.44. The molecule has 15 heavy (non-hydrogen) atoms. The SMILES string of the molecule is O=c1c(Br)c(F)cnn1-c1ccccc1. The van der Waals surface area contributed by atoms with E-state index in [-0.39, 0.29) is 4.47 Å². The highest BCUT2D eigenvalue weighted by atomic mass is 79.9.